The van der Waals surface area contributed by atoms with Crippen molar-refractivity contribution in [3.8, 4) is 0 Å². The van der Waals surface area contributed by atoms with Crippen LogP contribution in [0.3, 0.4) is 0 Å². The van der Waals surface area contributed by atoms with Gasteiger partial charge in [0.05, 0.1) is 22.7 Å². The van der Waals surface area contributed by atoms with Crippen molar-refractivity contribution < 1.29 is 23.4 Å². The average Bonchev–Trinajstić information content (AvgIpc) is 2.63. The number of carbonyl (C=O) groups excluding carboxylic acids is 1. The van der Waals surface area contributed by atoms with Gasteiger partial charge in [-0.15, -0.1) is 0 Å². The molecule has 2 heterocycles. The Bertz CT molecular complexity index is 768. The highest BCUT2D eigenvalue weighted by Crippen LogP contribution is 2.29. The molecule has 144 valence electrons. The van der Waals surface area contributed by atoms with Gasteiger partial charge < -0.3 is 20.0 Å². The van der Waals surface area contributed by atoms with E-state index in [1.165, 1.54) is 0 Å². The quantitative estimate of drug-likeness (QED) is 0.779. The van der Waals surface area contributed by atoms with Gasteiger partial charge in [-0.05, 0) is 25.0 Å². The van der Waals surface area contributed by atoms with Crippen LogP contribution in [0, 0.1) is 0 Å². The van der Waals surface area contributed by atoms with Crippen LogP contribution in [0.2, 0.25) is 0 Å². The Kier molecular flexibility index (Phi) is 5.28. The molecule has 2 aliphatic rings. The zero-order valence-corrected chi connectivity index (χ0v) is 15.8. The number of benzene rings is 1. The highest BCUT2D eigenvalue weighted by Gasteiger charge is 2.41. The molecule has 0 aromatic heterocycles. The van der Waals surface area contributed by atoms with Gasteiger partial charge in [-0.3, -0.25) is 4.79 Å². The lowest BCUT2D eigenvalue weighted by molar-refractivity contribution is -0.114. The summed E-state index contributed by atoms with van der Waals surface area (Å²) in [5, 5.41) is 20.6. The zero-order chi connectivity index (χ0) is 18.9. The fourth-order valence-electron chi connectivity index (χ4n) is 3.62. The van der Waals surface area contributed by atoms with Gasteiger partial charge in [0.1, 0.15) is 6.10 Å². The Labute approximate surface area is 154 Å². The number of nitrogens with zero attached hydrogens (tertiary/aromatic N) is 2. The second-order valence-electron chi connectivity index (χ2n) is 7.13. The number of carbonyl (C=O) groups is 1. The van der Waals surface area contributed by atoms with Gasteiger partial charge in [-0.1, -0.05) is 19.1 Å². The summed E-state index contributed by atoms with van der Waals surface area (Å²) in [6, 6.07) is 7.16. The topological polar surface area (TPSA) is 98.2 Å². The summed E-state index contributed by atoms with van der Waals surface area (Å²) >= 11 is 0. The monoisotopic (exact) mass is 382 g/mol. The molecular formula is C18H26N2O5S. The summed E-state index contributed by atoms with van der Waals surface area (Å²) in [4.78, 5) is 16.5. The van der Waals surface area contributed by atoms with E-state index < -0.39 is 21.5 Å². The summed E-state index contributed by atoms with van der Waals surface area (Å²) in [6.45, 7) is 3.02. The number of sulfone groups is 1. The molecule has 1 aromatic carbocycles. The number of rotatable bonds is 3. The van der Waals surface area contributed by atoms with E-state index in [0.717, 1.165) is 5.69 Å². The summed E-state index contributed by atoms with van der Waals surface area (Å²) < 4.78 is 23.3. The maximum absolute atomic E-state index is 13.0. The van der Waals surface area contributed by atoms with Crippen molar-refractivity contribution in [3.05, 3.63) is 29.8 Å². The van der Waals surface area contributed by atoms with E-state index in [0.29, 0.717) is 38.0 Å². The van der Waals surface area contributed by atoms with Gasteiger partial charge in [0.25, 0.3) is 5.91 Å². The smallest absolute Gasteiger partial charge is 0.256 e. The Morgan fingerprint density at radius 2 is 1.88 bits per heavy atom. The van der Waals surface area contributed by atoms with Gasteiger partial charge in [-0.2, -0.15) is 0 Å². The van der Waals surface area contributed by atoms with Crippen LogP contribution in [-0.2, 0) is 9.84 Å². The third-order valence-electron chi connectivity index (χ3n) is 5.55. The van der Waals surface area contributed by atoms with Crippen molar-refractivity contribution in [1.29, 1.82) is 0 Å². The van der Waals surface area contributed by atoms with Crippen LogP contribution >= 0.6 is 0 Å². The Morgan fingerprint density at radius 3 is 2.50 bits per heavy atom. The van der Waals surface area contributed by atoms with Crippen molar-refractivity contribution in [3.63, 3.8) is 0 Å². The van der Waals surface area contributed by atoms with Crippen molar-refractivity contribution in [2.75, 3.05) is 42.6 Å². The summed E-state index contributed by atoms with van der Waals surface area (Å²) in [6.07, 6.45) is -0.201. The summed E-state index contributed by atoms with van der Waals surface area (Å²) in [5.41, 5.74) is 0.0801. The van der Waals surface area contributed by atoms with Gasteiger partial charge in [0.15, 0.2) is 9.84 Å². The Morgan fingerprint density at radius 1 is 1.23 bits per heavy atom. The third-order valence-corrected chi connectivity index (χ3v) is 7.16. The molecule has 0 bridgehead atoms. The molecule has 0 spiro atoms. The van der Waals surface area contributed by atoms with Gasteiger partial charge in [0.2, 0.25) is 0 Å². The fraction of sp³-hybridized carbons (Fsp3) is 0.611. The Hall–Kier alpha value is -1.64. The van der Waals surface area contributed by atoms with Gasteiger partial charge >= 0.3 is 0 Å². The van der Waals surface area contributed by atoms with Gasteiger partial charge in [0, 0.05) is 31.9 Å². The first-order valence-electron chi connectivity index (χ1n) is 9.00. The van der Waals surface area contributed by atoms with Crippen LogP contribution in [0.4, 0.5) is 5.69 Å². The molecule has 0 unspecified atom stereocenters. The molecule has 3 rings (SSSR count). The van der Waals surface area contributed by atoms with Crippen LogP contribution in [0.5, 0.6) is 0 Å². The predicted octanol–water partition coefficient (Wildman–Crippen LogP) is 0.269. The van der Waals surface area contributed by atoms with Crippen molar-refractivity contribution >= 4 is 21.4 Å². The largest absolute Gasteiger partial charge is 0.388 e. The molecule has 2 saturated heterocycles. The molecule has 2 fully saturated rings. The molecular weight excluding hydrogens is 356 g/mol. The standard InChI is InChI=1S/C18H26N2O5S/c1-2-18(23)7-8-20(13-16(18)21)17(22)14-5-3-4-6-15(14)19-9-11-26(24,25)12-10-19/h3-6,16,21,23H,2,7-13H2,1H3/t16-,18-/m1/s1. The number of β-amino-alcohol motifs (C(OH)–C–C–N with tert-alkyl or cyclic N) is 1. The molecule has 7 nitrogen and oxygen atoms in total. The van der Waals surface area contributed by atoms with E-state index in [2.05, 4.69) is 0 Å². The van der Waals surface area contributed by atoms with Crippen LogP contribution in [0.15, 0.2) is 24.3 Å². The highest BCUT2D eigenvalue weighted by molar-refractivity contribution is 7.91. The summed E-state index contributed by atoms with van der Waals surface area (Å²) in [7, 11) is -3.00. The number of likely N-dealkylation sites (tertiary alicyclic amines) is 1. The molecule has 2 atom stereocenters. The molecule has 0 saturated carbocycles. The minimum atomic E-state index is -3.00. The fourth-order valence-corrected chi connectivity index (χ4v) is 4.82. The predicted molar refractivity (Wildman–Crippen MR) is 99.1 cm³/mol. The molecule has 2 N–H and O–H groups in total. The number of aliphatic hydroxyl groups excluding tert-OH is 1. The highest BCUT2D eigenvalue weighted by atomic mass is 32.2. The lowest BCUT2D eigenvalue weighted by Crippen LogP contribution is -2.56. The van der Waals surface area contributed by atoms with Crippen LogP contribution in [-0.4, -0.2) is 78.8 Å². The first-order valence-corrected chi connectivity index (χ1v) is 10.8. The maximum Gasteiger partial charge on any atom is 0.256 e. The summed E-state index contributed by atoms with van der Waals surface area (Å²) in [5.74, 6) is -0.0329. The normalized spacial score (nSPS) is 28.8. The van der Waals surface area contributed by atoms with Crippen LogP contribution in [0.1, 0.15) is 30.1 Å². The van der Waals surface area contributed by atoms with Crippen LogP contribution < -0.4 is 4.90 Å². The van der Waals surface area contributed by atoms with E-state index in [4.69, 9.17) is 0 Å². The van der Waals surface area contributed by atoms with E-state index >= 15 is 0 Å². The minimum Gasteiger partial charge on any atom is -0.388 e. The third kappa shape index (κ3) is 3.72. The SMILES string of the molecule is CC[C@@]1(O)CCN(C(=O)c2ccccc2N2CCS(=O)(=O)CC2)C[C@H]1O. The molecule has 1 amide bonds. The first kappa shape index (κ1) is 19.1. The average molecular weight is 382 g/mol. The van der Waals surface area contributed by atoms with Crippen molar-refractivity contribution in [2.24, 2.45) is 0 Å². The van der Waals surface area contributed by atoms with Crippen molar-refractivity contribution in [1.82, 2.24) is 4.90 Å². The number of piperidine rings is 1. The second-order valence-corrected chi connectivity index (χ2v) is 9.43. The first-order chi connectivity index (χ1) is 12.3. The van der Waals surface area contributed by atoms with Crippen LogP contribution in [0.25, 0.3) is 0 Å². The number of aliphatic hydroxyl groups is 2. The lowest BCUT2D eigenvalue weighted by Gasteiger charge is -2.42. The second kappa shape index (κ2) is 7.17. The number of anilines is 1. The number of amides is 1. The number of hydrogen-bond donors (Lipinski definition) is 2. The number of para-hydroxylation sites is 1. The molecule has 0 aliphatic carbocycles. The molecule has 1 aromatic rings. The molecule has 26 heavy (non-hydrogen) atoms. The van der Waals surface area contributed by atoms with E-state index in [-0.39, 0.29) is 24.0 Å². The maximum atomic E-state index is 13.0. The molecule has 0 radical (unpaired) electrons. The van der Waals surface area contributed by atoms with E-state index in [1.54, 1.807) is 17.0 Å². The number of hydrogen-bond acceptors (Lipinski definition) is 6. The zero-order valence-electron chi connectivity index (χ0n) is 15.0. The molecule has 2 aliphatic heterocycles. The molecule has 8 heteroatoms. The minimum absolute atomic E-state index is 0.0848. The lowest BCUT2D eigenvalue weighted by atomic mass is 9.86. The van der Waals surface area contributed by atoms with E-state index in [1.807, 2.05) is 24.0 Å². The van der Waals surface area contributed by atoms with E-state index in [9.17, 15) is 23.4 Å². The van der Waals surface area contributed by atoms with Crippen molar-refractivity contribution in [2.45, 2.75) is 31.5 Å². The Balaban J connectivity index is 1.79. The van der Waals surface area contributed by atoms with Gasteiger partial charge in [-0.25, -0.2) is 8.42 Å².